The molecule has 0 fully saturated rings. The third-order valence-corrected chi connectivity index (χ3v) is 10.1. The molecule has 0 saturated heterocycles. The molecule has 45 heavy (non-hydrogen) atoms. The number of rotatable bonds is 5. The average Bonchev–Trinajstić information content (AvgIpc) is 3.45. The molecule has 0 amide bonds. The van der Waals surface area contributed by atoms with Gasteiger partial charge in [-0.25, -0.2) is 0 Å². The molecule has 7 rings (SSSR count). The number of likely N-dealkylation sites (N-methyl/N-ethyl adjacent to an activating group) is 1. The largest absolute Gasteiger partial charge is 0.370 e. The molecule has 0 spiro atoms. The molecular weight excluding hydrogens is 573 g/mol. The SMILES string of the molecule is CN1/C(=C\C2=CC(=Cc3sc4ccccc4[n+]3C)c3ccccc3N2c2ccccc2)C(C)(C)c2cc(CNC(=N)N)ccc21. The Morgan fingerprint density at radius 2 is 1.67 bits per heavy atom. The van der Waals surface area contributed by atoms with Crippen LogP contribution in [0.1, 0.15) is 35.5 Å². The lowest BCUT2D eigenvalue weighted by molar-refractivity contribution is -0.642. The van der Waals surface area contributed by atoms with Crippen molar-refractivity contribution in [1.82, 2.24) is 5.32 Å². The normalized spacial score (nSPS) is 17.0. The van der Waals surface area contributed by atoms with Gasteiger partial charge in [-0.1, -0.05) is 85.8 Å². The number of hydrogen-bond acceptors (Lipinski definition) is 4. The first-order valence-corrected chi connectivity index (χ1v) is 16.0. The highest BCUT2D eigenvalue weighted by atomic mass is 32.1. The number of nitrogens with zero attached hydrogens (tertiary/aromatic N) is 3. The first kappa shape index (κ1) is 28.6. The predicted molar refractivity (Wildman–Crippen MR) is 189 cm³/mol. The average molecular weight is 610 g/mol. The van der Waals surface area contributed by atoms with Crippen molar-refractivity contribution in [2.24, 2.45) is 12.8 Å². The monoisotopic (exact) mass is 609 g/mol. The van der Waals surface area contributed by atoms with Gasteiger partial charge in [0.2, 0.25) is 5.52 Å². The van der Waals surface area contributed by atoms with E-state index in [1.165, 1.54) is 43.3 Å². The van der Waals surface area contributed by atoms with Gasteiger partial charge in [-0.3, -0.25) is 5.41 Å². The summed E-state index contributed by atoms with van der Waals surface area (Å²) in [6.45, 7) is 5.11. The summed E-state index contributed by atoms with van der Waals surface area (Å²) in [5.74, 6) is -0.0221. The molecule has 0 saturated carbocycles. The maximum absolute atomic E-state index is 7.58. The summed E-state index contributed by atoms with van der Waals surface area (Å²) in [6, 6.07) is 34.4. The summed E-state index contributed by atoms with van der Waals surface area (Å²) >= 11 is 1.82. The molecule has 6 nitrogen and oxygen atoms in total. The number of nitrogens with two attached hydrogens (primary N) is 1. The van der Waals surface area contributed by atoms with Crippen LogP contribution in [0.25, 0.3) is 21.9 Å². The maximum atomic E-state index is 7.58. The van der Waals surface area contributed by atoms with Gasteiger partial charge in [0.1, 0.15) is 11.7 Å². The molecule has 2 aliphatic rings. The summed E-state index contributed by atoms with van der Waals surface area (Å²) in [5.41, 5.74) is 17.1. The number of thiazole rings is 1. The Bertz CT molecular complexity index is 2050. The minimum Gasteiger partial charge on any atom is -0.370 e. The zero-order valence-electron chi connectivity index (χ0n) is 26.0. The second-order valence-electron chi connectivity index (χ2n) is 12.2. The van der Waals surface area contributed by atoms with Crippen LogP contribution in [0.4, 0.5) is 17.1 Å². The van der Waals surface area contributed by atoms with Gasteiger partial charge in [-0.2, -0.15) is 4.57 Å². The zero-order valence-corrected chi connectivity index (χ0v) is 26.8. The maximum Gasteiger partial charge on any atom is 0.263 e. The van der Waals surface area contributed by atoms with E-state index in [4.69, 9.17) is 11.1 Å². The molecule has 3 heterocycles. The van der Waals surface area contributed by atoms with E-state index >= 15 is 0 Å². The fourth-order valence-electron chi connectivity index (χ4n) is 6.61. The van der Waals surface area contributed by atoms with Gasteiger partial charge >= 0.3 is 0 Å². The fraction of sp³-hybridized carbons (Fsp3) is 0.158. The van der Waals surface area contributed by atoms with Crippen molar-refractivity contribution >= 4 is 56.2 Å². The van der Waals surface area contributed by atoms with Gasteiger partial charge < -0.3 is 20.9 Å². The second kappa shape index (κ2) is 11.1. The summed E-state index contributed by atoms with van der Waals surface area (Å²) in [5, 5.41) is 11.7. The number of allylic oxidation sites excluding steroid dienone is 4. The van der Waals surface area contributed by atoms with Crippen LogP contribution < -0.4 is 25.4 Å². The number of aromatic nitrogens is 1. The molecule has 0 bridgehead atoms. The number of guanidine groups is 1. The van der Waals surface area contributed by atoms with Crippen LogP contribution in [0, 0.1) is 5.41 Å². The number of hydrogen-bond donors (Lipinski definition) is 3. The molecule has 1 aromatic heterocycles. The molecule has 5 aromatic rings. The summed E-state index contributed by atoms with van der Waals surface area (Å²) in [7, 11) is 4.31. The van der Waals surface area contributed by atoms with Crippen LogP contribution in [0.3, 0.4) is 0 Å². The van der Waals surface area contributed by atoms with Crippen molar-refractivity contribution in [2.45, 2.75) is 25.8 Å². The van der Waals surface area contributed by atoms with E-state index in [9.17, 15) is 0 Å². The van der Waals surface area contributed by atoms with Crippen molar-refractivity contribution in [3.8, 4) is 0 Å². The lowest BCUT2D eigenvalue weighted by Gasteiger charge is -2.34. The van der Waals surface area contributed by atoms with Crippen molar-refractivity contribution < 1.29 is 4.57 Å². The predicted octanol–water partition coefficient (Wildman–Crippen LogP) is 7.60. The van der Waals surface area contributed by atoms with Gasteiger partial charge in [0.05, 0.1) is 5.69 Å². The molecule has 0 unspecified atom stereocenters. The van der Waals surface area contributed by atoms with E-state index in [1.54, 1.807) is 0 Å². The highest BCUT2D eigenvalue weighted by molar-refractivity contribution is 7.18. The van der Waals surface area contributed by atoms with E-state index in [1.807, 2.05) is 11.3 Å². The van der Waals surface area contributed by atoms with E-state index in [0.29, 0.717) is 6.54 Å². The van der Waals surface area contributed by atoms with E-state index < -0.39 is 0 Å². The van der Waals surface area contributed by atoms with Crippen molar-refractivity contribution in [3.63, 3.8) is 0 Å². The Morgan fingerprint density at radius 3 is 2.44 bits per heavy atom. The third-order valence-electron chi connectivity index (χ3n) is 8.95. The van der Waals surface area contributed by atoms with Crippen molar-refractivity contribution in [3.05, 3.63) is 142 Å². The van der Waals surface area contributed by atoms with Crippen LogP contribution in [0.15, 0.2) is 121 Å². The van der Waals surface area contributed by atoms with Crippen LogP contribution in [0.5, 0.6) is 0 Å². The van der Waals surface area contributed by atoms with Gasteiger partial charge in [-0.05, 0) is 59.2 Å². The van der Waals surface area contributed by atoms with Crippen LogP contribution in [-0.2, 0) is 19.0 Å². The van der Waals surface area contributed by atoms with Gasteiger partial charge in [0.15, 0.2) is 5.96 Å². The number of anilines is 3. The molecule has 2 aliphatic heterocycles. The second-order valence-corrected chi connectivity index (χ2v) is 13.2. The molecule has 7 heteroatoms. The summed E-state index contributed by atoms with van der Waals surface area (Å²) in [4.78, 5) is 4.69. The summed E-state index contributed by atoms with van der Waals surface area (Å²) < 4.78 is 3.56. The molecule has 4 N–H and O–H groups in total. The van der Waals surface area contributed by atoms with Crippen LogP contribution in [0.2, 0.25) is 0 Å². The zero-order chi connectivity index (χ0) is 31.3. The standard InChI is InChI=1S/C38H37N6S/c1-38(2)30-20-25(24-41-37(39)40)18-19-32(30)42(3)35(38)23-28-21-26(22-36-43(4)33-16-10-11-17-34(33)45-36)29-14-8-9-15-31(29)44(28)27-12-6-5-7-13-27/h5-23H,24H2,1-4H3,(H4,39,40,41)/q+1. The Balaban J connectivity index is 1.40. The fourth-order valence-corrected chi connectivity index (χ4v) is 7.71. The first-order chi connectivity index (χ1) is 21.7. The highest BCUT2D eigenvalue weighted by Crippen LogP contribution is 2.49. The van der Waals surface area contributed by atoms with Crippen LogP contribution >= 0.6 is 11.3 Å². The Morgan fingerprint density at radius 1 is 0.933 bits per heavy atom. The first-order valence-electron chi connectivity index (χ1n) is 15.1. The van der Waals surface area contributed by atoms with Crippen molar-refractivity contribution in [2.75, 3.05) is 16.8 Å². The van der Waals surface area contributed by atoms with Gasteiger partial charge in [-0.15, -0.1) is 0 Å². The summed E-state index contributed by atoms with van der Waals surface area (Å²) in [6.07, 6.45) is 7.02. The lowest BCUT2D eigenvalue weighted by atomic mass is 9.82. The number of aryl methyl sites for hydroxylation is 1. The Kier molecular flexibility index (Phi) is 7.06. The molecule has 224 valence electrons. The third kappa shape index (κ3) is 4.99. The minimum atomic E-state index is -0.252. The smallest absolute Gasteiger partial charge is 0.263 e. The van der Waals surface area contributed by atoms with E-state index in [0.717, 1.165) is 22.6 Å². The molecular formula is C38H37N6S+. The quantitative estimate of drug-likeness (QED) is 0.109. The number of para-hydroxylation sites is 3. The molecule has 0 atom stereocenters. The van der Waals surface area contributed by atoms with E-state index in [-0.39, 0.29) is 11.4 Å². The molecule has 4 aromatic carbocycles. The van der Waals surface area contributed by atoms with Crippen molar-refractivity contribution in [1.29, 1.82) is 5.41 Å². The Hall–Kier alpha value is -5.14. The van der Waals surface area contributed by atoms with Gasteiger partial charge in [0.25, 0.3) is 5.01 Å². The molecule has 0 radical (unpaired) electrons. The number of nitrogens with one attached hydrogen (secondary N) is 2. The number of fused-ring (bicyclic) bond motifs is 3. The number of benzene rings is 4. The topological polar surface area (TPSA) is 72.3 Å². The van der Waals surface area contributed by atoms with E-state index in [2.05, 4.69) is 163 Å². The van der Waals surface area contributed by atoms with Gasteiger partial charge in [0, 0.05) is 59.5 Å². The Labute approximate surface area is 268 Å². The molecule has 0 aliphatic carbocycles. The lowest BCUT2D eigenvalue weighted by Crippen LogP contribution is -2.29. The van der Waals surface area contributed by atoms with Crippen LogP contribution in [-0.4, -0.2) is 13.0 Å². The minimum absolute atomic E-state index is 0.0221. The highest BCUT2D eigenvalue weighted by Gasteiger charge is 2.39.